The van der Waals surface area contributed by atoms with E-state index in [9.17, 15) is 0 Å². The summed E-state index contributed by atoms with van der Waals surface area (Å²) in [6, 6.07) is 6.47. The lowest BCUT2D eigenvalue weighted by atomic mass is 10.0. The highest BCUT2D eigenvalue weighted by atomic mass is 127. The Bertz CT molecular complexity index is 642. The van der Waals surface area contributed by atoms with E-state index in [1.54, 1.807) is 0 Å². The summed E-state index contributed by atoms with van der Waals surface area (Å²) in [4.78, 5) is 0. The number of aromatic nitrogens is 2. The molecule has 1 aromatic carbocycles. The highest BCUT2D eigenvalue weighted by Gasteiger charge is 2.18. The van der Waals surface area contributed by atoms with Gasteiger partial charge in [-0.15, -0.1) is 0 Å². The van der Waals surface area contributed by atoms with Gasteiger partial charge in [0.2, 0.25) is 0 Å². The molecule has 0 aliphatic carbocycles. The van der Waals surface area contributed by atoms with Gasteiger partial charge >= 0.3 is 0 Å². The monoisotopic (exact) mass is 481 g/mol. The Morgan fingerprint density at radius 3 is 2.71 bits per heavy atom. The van der Waals surface area contributed by atoms with E-state index in [2.05, 4.69) is 68.0 Å². The maximum atomic E-state index is 6.27. The minimum absolute atomic E-state index is 0.218. The Labute approximate surface area is 152 Å². The number of likely N-dealkylation sites (N-methyl/N-ethyl adjacent to an activating group) is 1. The highest BCUT2D eigenvalue weighted by molar-refractivity contribution is 14.1. The summed E-state index contributed by atoms with van der Waals surface area (Å²) in [5.74, 6) is 0. The molecule has 0 aliphatic heterocycles. The molecule has 0 saturated carbocycles. The number of rotatable bonds is 5. The van der Waals surface area contributed by atoms with Crippen LogP contribution in [0.25, 0.3) is 0 Å². The Hall–Kier alpha value is -0.110. The fourth-order valence-electron chi connectivity index (χ4n) is 2.38. The van der Waals surface area contributed by atoms with Crippen molar-refractivity contribution in [1.29, 1.82) is 0 Å². The molecule has 0 fully saturated rings. The zero-order chi connectivity index (χ0) is 15.6. The number of halogens is 3. The highest BCUT2D eigenvalue weighted by Crippen LogP contribution is 2.28. The van der Waals surface area contributed by atoms with Gasteiger partial charge in [0.15, 0.2) is 0 Å². The molecule has 3 nitrogen and oxygen atoms in total. The minimum atomic E-state index is 0.218. The van der Waals surface area contributed by atoms with Gasteiger partial charge in [-0.1, -0.05) is 24.6 Å². The lowest BCUT2D eigenvalue weighted by Gasteiger charge is -2.19. The van der Waals surface area contributed by atoms with Crippen LogP contribution in [0.2, 0.25) is 5.02 Å². The Morgan fingerprint density at radius 2 is 2.19 bits per heavy atom. The maximum absolute atomic E-state index is 6.27. The van der Waals surface area contributed by atoms with Crippen molar-refractivity contribution in [3.05, 3.63) is 48.2 Å². The average molecular weight is 483 g/mol. The van der Waals surface area contributed by atoms with Crippen molar-refractivity contribution in [2.75, 3.05) is 6.54 Å². The summed E-state index contributed by atoms with van der Waals surface area (Å²) < 4.78 is 4.10. The zero-order valence-electron chi connectivity index (χ0n) is 12.3. The molecule has 0 bridgehead atoms. The first-order valence-corrected chi connectivity index (χ1v) is 9.05. The van der Waals surface area contributed by atoms with Crippen molar-refractivity contribution in [3.63, 3.8) is 0 Å². The second-order valence-corrected chi connectivity index (χ2v) is 7.32. The van der Waals surface area contributed by atoms with Crippen molar-refractivity contribution in [2.45, 2.75) is 26.3 Å². The van der Waals surface area contributed by atoms with Gasteiger partial charge in [-0.25, -0.2) is 0 Å². The van der Waals surface area contributed by atoms with Gasteiger partial charge < -0.3 is 5.32 Å². The van der Waals surface area contributed by atoms with E-state index in [-0.39, 0.29) is 6.04 Å². The van der Waals surface area contributed by atoms with E-state index in [4.69, 9.17) is 11.6 Å². The van der Waals surface area contributed by atoms with Crippen molar-refractivity contribution in [2.24, 2.45) is 7.05 Å². The zero-order valence-corrected chi connectivity index (χ0v) is 16.8. The smallest absolute Gasteiger partial charge is 0.0738 e. The Kier molecular flexibility index (Phi) is 6.11. The van der Waals surface area contributed by atoms with E-state index in [1.807, 2.05) is 24.7 Å². The second-order valence-electron chi connectivity index (χ2n) is 4.96. The summed E-state index contributed by atoms with van der Waals surface area (Å²) in [5, 5.41) is 8.80. The van der Waals surface area contributed by atoms with Gasteiger partial charge in [0, 0.05) is 23.1 Å². The van der Waals surface area contributed by atoms with Crippen molar-refractivity contribution < 1.29 is 0 Å². The third kappa shape index (κ3) is 4.00. The molecule has 1 unspecified atom stereocenters. The molecule has 6 heteroatoms. The van der Waals surface area contributed by atoms with E-state index in [0.29, 0.717) is 0 Å². The molecule has 21 heavy (non-hydrogen) atoms. The molecule has 0 aliphatic rings. The third-order valence-corrected chi connectivity index (χ3v) is 6.06. The first kappa shape index (κ1) is 17.2. The predicted molar refractivity (Wildman–Crippen MR) is 99.9 cm³/mol. The van der Waals surface area contributed by atoms with Gasteiger partial charge in [0.05, 0.1) is 20.9 Å². The molecule has 114 valence electrons. The molecule has 2 rings (SSSR count). The fraction of sp³-hybridized carbons (Fsp3) is 0.400. The van der Waals surface area contributed by atoms with Crippen LogP contribution in [-0.2, 0) is 13.5 Å². The topological polar surface area (TPSA) is 29.9 Å². The van der Waals surface area contributed by atoms with Crippen LogP contribution in [-0.4, -0.2) is 16.3 Å². The number of aryl methyl sites for hydroxylation is 2. The van der Waals surface area contributed by atoms with Crippen LogP contribution in [0.1, 0.15) is 29.9 Å². The summed E-state index contributed by atoms with van der Waals surface area (Å²) in [7, 11) is 1.98. The molecule has 1 aromatic heterocycles. The molecule has 0 saturated heterocycles. The number of benzene rings is 1. The number of nitrogens with one attached hydrogen (secondary N) is 1. The molecular weight excluding hydrogens is 464 g/mol. The van der Waals surface area contributed by atoms with Crippen molar-refractivity contribution >= 4 is 50.1 Å². The van der Waals surface area contributed by atoms with Crippen LogP contribution in [0.3, 0.4) is 0 Å². The third-order valence-electron chi connectivity index (χ3n) is 3.46. The Morgan fingerprint density at radius 1 is 1.48 bits per heavy atom. The van der Waals surface area contributed by atoms with E-state index >= 15 is 0 Å². The maximum Gasteiger partial charge on any atom is 0.0738 e. The molecule has 2 aromatic rings. The second kappa shape index (κ2) is 7.44. The van der Waals surface area contributed by atoms with Crippen LogP contribution < -0.4 is 5.32 Å². The van der Waals surface area contributed by atoms with Crippen LogP contribution in [0.15, 0.2) is 22.7 Å². The van der Waals surface area contributed by atoms with Crippen LogP contribution in [0.4, 0.5) is 0 Å². The van der Waals surface area contributed by atoms with Gasteiger partial charge in [0.1, 0.15) is 0 Å². The number of hydrogen-bond acceptors (Lipinski definition) is 2. The summed E-state index contributed by atoms with van der Waals surface area (Å²) >= 11 is 12.2. The van der Waals surface area contributed by atoms with Gasteiger partial charge in [-0.2, -0.15) is 5.10 Å². The molecule has 0 amide bonds. The summed E-state index contributed by atoms with van der Waals surface area (Å²) in [6.45, 7) is 5.03. The molecule has 0 spiro atoms. The van der Waals surface area contributed by atoms with Crippen molar-refractivity contribution in [3.8, 4) is 0 Å². The largest absolute Gasteiger partial charge is 0.310 e. The standard InChI is InChI=1S/C15H18BrClIN3/c1-4-19-13(10-5-6-12(18)11(17)7-10)8-14-15(16)9(2)20-21(14)3/h5-7,13,19H,4,8H2,1-3H3. The molecule has 0 radical (unpaired) electrons. The van der Waals surface area contributed by atoms with E-state index in [1.165, 1.54) is 11.3 Å². The SMILES string of the molecule is CCNC(Cc1c(Br)c(C)nn1C)c1ccc(I)c(Cl)c1. The van der Waals surface area contributed by atoms with E-state index in [0.717, 1.165) is 31.7 Å². The molecule has 1 atom stereocenters. The van der Waals surface area contributed by atoms with E-state index < -0.39 is 0 Å². The van der Waals surface area contributed by atoms with Gasteiger partial charge in [-0.3, -0.25) is 4.68 Å². The van der Waals surface area contributed by atoms with Crippen LogP contribution in [0.5, 0.6) is 0 Å². The lowest BCUT2D eigenvalue weighted by molar-refractivity contribution is 0.528. The average Bonchev–Trinajstić information content (AvgIpc) is 2.68. The van der Waals surface area contributed by atoms with Crippen LogP contribution in [0, 0.1) is 10.5 Å². The van der Waals surface area contributed by atoms with Crippen LogP contribution >= 0.6 is 50.1 Å². The predicted octanol–water partition coefficient (Wildman–Crippen LogP) is 4.64. The summed E-state index contributed by atoms with van der Waals surface area (Å²) in [5.41, 5.74) is 3.41. The molecular formula is C15H18BrClIN3. The molecule has 1 heterocycles. The number of nitrogens with zero attached hydrogens (tertiary/aromatic N) is 2. The normalized spacial score (nSPS) is 12.7. The first-order valence-electron chi connectivity index (χ1n) is 6.80. The quantitative estimate of drug-likeness (QED) is 0.630. The Balaban J connectivity index is 2.32. The first-order chi connectivity index (χ1) is 9.93. The fourth-order valence-corrected chi connectivity index (χ4v) is 3.40. The summed E-state index contributed by atoms with van der Waals surface area (Å²) in [6.07, 6.45) is 0.864. The lowest BCUT2D eigenvalue weighted by Crippen LogP contribution is -2.24. The molecule has 1 N–H and O–H groups in total. The van der Waals surface area contributed by atoms with Gasteiger partial charge in [-0.05, 0) is 69.7 Å². The van der Waals surface area contributed by atoms with Crippen molar-refractivity contribution in [1.82, 2.24) is 15.1 Å². The minimum Gasteiger partial charge on any atom is -0.310 e. The van der Waals surface area contributed by atoms with Gasteiger partial charge in [0.25, 0.3) is 0 Å². The number of hydrogen-bond donors (Lipinski definition) is 1.